The molecule has 0 aliphatic rings. The smallest absolute Gasteiger partial charge is 0.122 e. The van der Waals surface area contributed by atoms with Crippen molar-refractivity contribution < 1.29 is 10.2 Å². The number of halogens is 1. The summed E-state index contributed by atoms with van der Waals surface area (Å²) in [5.41, 5.74) is 2.34. The topological polar surface area (TPSA) is 40.5 Å². The summed E-state index contributed by atoms with van der Waals surface area (Å²) in [6, 6.07) is 1.73. The maximum absolute atomic E-state index is 9.66. The maximum atomic E-state index is 9.66. The summed E-state index contributed by atoms with van der Waals surface area (Å²) < 4.78 is 0. The molecule has 0 aromatic heterocycles. The highest BCUT2D eigenvalue weighted by atomic mass is 35.5. The van der Waals surface area contributed by atoms with E-state index < -0.39 is 0 Å². The Hall–Kier alpha value is -0.730. The molecule has 1 aromatic rings. The Morgan fingerprint density at radius 2 is 2.00 bits per heavy atom. The van der Waals surface area contributed by atoms with E-state index in [1.807, 2.05) is 6.92 Å². The predicted molar refractivity (Wildman–Crippen MR) is 53.4 cm³/mol. The summed E-state index contributed by atoms with van der Waals surface area (Å²) in [5.74, 6) is 0.246. The number of hydrogen-bond donors (Lipinski definition) is 2. The Balaban J connectivity index is 3.28. The maximum Gasteiger partial charge on any atom is 0.122 e. The van der Waals surface area contributed by atoms with Crippen LogP contribution in [0.5, 0.6) is 5.75 Å². The van der Waals surface area contributed by atoms with Crippen LogP contribution in [-0.2, 0) is 6.42 Å². The van der Waals surface area contributed by atoms with Gasteiger partial charge in [0.05, 0.1) is 0 Å². The van der Waals surface area contributed by atoms with E-state index in [9.17, 15) is 5.11 Å². The van der Waals surface area contributed by atoms with Crippen LogP contribution >= 0.6 is 11.6 Å². The number of aryl methyl sites for hydroxylation is 1. The van der Waals surface area contributed by atoms with Gasteiger partial charge in [0.1, 0.15) is 5.75 Å². The molecule has 2 N–H and O–H groups in total. The van der Waals surface area contributed by atoms with Crippen molar-refractivity contribution in [1.82, 2.24) is 0 Å². The fourth-order valence-electron chi connectivity index (χ4n) is 1.34. The Kier molecular flexibility index (Phi) is 3.17. The van der Waals surface area contributed by atoms with E-state index in [0.29, 0.717) is 11.4 Å². The average Bonchev–Trinajstić information content (AvgIpc) is 2.09. The zero-order valence-electron chi connectivity index (χ0n) is 7.76. The van der Waals surface area contributed by atoms with Gasteiger partial charge in [-0.1, -0.05) is 11.6 Å². The molecule has 0 bridgehead atoms. The zero-order valence-corrected chi connectivity index (χ0v) is 8.52. The number of phenolic OH excluding ortho intramolecular Hbond substituents is 1. The van der Waals surface area contributed by atoms with Gasteiger partial charge in [-0.15, -0.1) is 0 Å². The molecule has 0 atom stereocenters. The molecule has 1 aromatic carbocycles. The molecule has 3 heteroatoms. The first-order valence-corrected chi connectivity index (χ1v) is 4.54. The normalized spacial score (nSPS) is 10.5. The first-order valence-electron chi connectivity index (χ1n) is 4.16. The predicted octanol–water partition coefficient (Wildman–Crippen LogP) is 2.20. The third-order valence-corrected chi connectivity index (χ3v) is 2.57. The fraction of sp³-hybridized carbons (Fsp3) is 0.400. The number of aliphatic hydroxyl groups is 1. The number of aromatic hydroxyl groups is 1. The summed E-state index contributed by atoms with van der Waals surface area (Å²) in [7, 11) is 0. The highest BCUT2D eigenvalue weighted by molar-refractivity contribution is 6.31. The Labute approximate surface area is 82.8 Å². The molecule has 0 aliphatic heterocycles. The van der Waals surface area contributed by atoms with Crippen molar-refractivity contribution in [1.29, 1.82) is 0 Å². The highest BCUT2D eigenvalue weighted by Crippen LogP contribution is 2.31. The monoisotopic (exact) mass is 200 g/mol. The minimum Gasteiger partial charge on any atom is -0.507 e. The number of hydrogen-bond acceptors (Lipinski definition) is 2. The molecular formula is C10H13ClO2. The summed E-state index contributed by atoms with van der Waals surface area (Å²) in [5, 5.41) is 19.1. The van der Waals surface area contributed by atoms with Gasteiger partial charge in [0.15, 0.2) is 0 Å². The lowest BCUT2D eigenvalue weighted by atomic mass is 10.0. The Morgan fingerprint density at radius 3 is 2.54 bits per heavy atom. The molecule has 0 heterocycles. The lowest BCUT2D eigenvalue weighted by molar-refractivity contribution is 0.297. The van der Waals surface area contributed by atoms with Gasteiger partial charge in [0, 0.05) is 17.2 Å². The summed E-state index contributed by atoms with van der Waals surface area (Å²) in [6.07, 6.45) is 0.444. The lowest BCUT2D eigenvalue weighted by Crippen LogP contribution is -1.97. The zero-order chi connectivity index (χ0) is 10.0. The largest absolute Gasteiger partial charge is 0.507 e. The van der Waals surface area contributed by atoms with Crippen molar-refractivity contribution in [2.75, 3.05) is 6.61 Å². The average molecular weight is 201 g/mol. The van der Waals surface area contributed by atoms with E-state index in [4.69, 9.17) is 16.7 Å². The van der Waals surface area contributed by atoms with E-state index in [-0.39, 0.29) is 12.4 Å². The molecule has 0 radical (unpaired) electrons. The molecule has 2 nitrogen and oxygen atoms in total. The van der Waals surface area contributed by atoms with Gasteiger partial charge in [-0.2, -0.15) is 0 Å². The lowest BCUT2D eigenvalue weighted by Gasteiger charge is -2.11. The second-order valence-corrected chi connectivity index (χ2v) is 3.51. The van der Waals surface area contributed by atoms with Crippen LogP contribution in [0.25, 0.3) is 0 Å². The second kappa shape index (κ2) is 3.99. The van der Waals surface area contributed by atoms with Crippen molar-refractivity contribution in [3.05, 3.63) is 27.8 Å². The van der Waals surface area contributed by atoms with Gasteiger partial charge in [-0.05, 0) is 37.5 Å². The number of phenols is 1. The van der Waals surface area contributed by atoms with Crippen molar-refractivity contribution in [2.24, 2.45) is 0 Å². The van der Waals surface area contributed by atoms with Crippen molar-refractivity contribution in [3.63, 3.8) is 0 Å². The van der Waals surface area contributed by atoms with Crippen LogP contribution in [-0.4, -0.2) is 16.8 Å². The van der Waals surface area contributed by atoms with Crippen molar-refractivity contribution >= 4 is 11.6 Å². The van der Waals surface area contributed by atoms with E-state index in [1.54, 1.807) is 13.0 Å². The van der Waals surface area contributed by atoms with Gasteiger partial charge in [-0.25, -0.2) is 0 Å². The first-order chi connectivity index (χ1) is 6.07. The van der Waals surface area contributed by atoms with Crippen LogP contribution in [0.2, 0.25) is 5.02 Å². The molecule has 72 valence electrons. The van der Waals surface area contributed by atoms with Crippen LogP contribution in [0.15, 0.2) is 6.07 Å². The minimum atomic E-state index is 0.0220. The van der Waals surface area contributed by atoms with Crippen molar-refractivity contribution in [2.45, 2.75) is 20.3 Å². The van der Waals surface area contributed by atoms with E-state index in [0.717, 1.165) is 16.7 Å². The molecule has 0 aliphatic carbocycles. The SMILES string of the molecule is Cc1cc(Cl)c(C)c(CCO)c1O. The molecular weight excluding hydrogens is 188 g/mol. The third kappa shape index (κ3) is 1.95. The number of benzene rings is 1. The minimum absolute atomic E-state index is 0.0220. The third-order valence-electron chi connectivity index (χ3n) is 2.18. The van der Waals surface area contributed by atoms with E-state index in [1.165, 1.54) is 0 Å². The molecule has 0 spiro atoms. The Morgan fingerprint density at radius 1 is 1.38 bits per heavy atom. The molecule has 0 saturated carbocycles. The fourth-order valence-corrected chi connectivity index (χ4v) is 1.62. The van der Waals surface area contributed by atoms with Crippen molar-refractivity contribution in [3.8, 4) is 5.75 Å². The quantitative estimate of drug-likeness (QED) is 0.769. The summed E-state index contributed by atoms with van der Waals surface area (Å²) in [6.45, 7) is 3.65. The van der Waals surface area contributed by atoms with E-state index in [2.05, 4.69) is 0 Å². The standard InChI is InChI=1S/C10H13ClO2/c1-6-5-9(11)7(2)8(3-4-12)10(6)13/h5,12-13H,3-4H2,1-2H3. The molecule has 0 fully saturated rings. The number of rotatable bonds is 2. The van der Waals surface area contributed by atoms with E-state index >= 15 is 0 Å². The highest BCUT2D eigenvalue weighted by Gasteiger charge is 2.10. The second-order valence-electron chi connectivity index (χ2n) is 3.10. The van der Waals surface area contributed by atoms with Crippen LogP contribution < -0.4 is 0 Å². The molecule has 1 rings (SSSR count). The van der Waals surface area contributed by atoms with Crippen LogP contribution in [0, 0.1) is 13.8 Å². The van der Waals surface area contributed by atoms with Crippen LogP contribution in [0.3, 0.4) is 0 Å². The van der Waals surface area contributed by atoms with Crippen LogP contribution in [0.1, 0.15) is 16.7 Å². The van der Waals surface area contributed by atoms with Gasteiger partial charge in [0.25, 0.3) is 0 Å². The van der Waals surface area contributed by atoms with Gasteiger partial charge >= 0.3 is 0 Å². The summed E-state index contributed by atoms with van der Waals surface area (Å²) >= 11 is 5.93. The molecule has 0 amide bonds. The number of aliphatic hydroxyl groups excluding tert-OH is 1. The van der Waals surface area contributed by atoms with Gasteiger partial charge in [0.2, 0.25) is 0 Å². The first kappa shape index (κ1) is 10.4. The summed E-state index contributed by atoms with van der Waals surface area (Å²) in [4.78, 5) is 0. The van der Waals surface area contributed by atoms with Crippen LogP contribution in [0.4, 0.5) is 0 Å². The van der Waals surface area contributed by atoms with Gasteiger partial charge < -0.3 is 10.2 Å². The molecule has 13 heavy (non-hydrogen) atoms. The van der Waals surface area contributed by atoms with Gasteiger partial charge in [-0.3, -0.25) is 0 Å². The molecule has 0 unspecified atom stereocenters. The molecule has 0 saturated heterocycles. The Bertz CT molecular complexity index is 295.